The van der Waals surface area contributed by atoms with Gasteiger partial charge in [0.2, 0.25) is 5.91 Å². The number of rotatable bonds is 9. The molecule has 1 unspecified atom stereocenters. The zero-order valence-electron chi connectivity index (χ0n) is 21.2. The molecule has 0 aromatic carbocycles. The summed E-state index contributed by atoms with van der Waals surface area (Å²) in [6.07, 6.45) is 6.81. The second kappa shape index (κ2) is 11.5. The molecular formula is C26H45NO6. The van der Waals surface area contributed by atoms with Crippen LogP contribution >= 0.6 is 0 Å². The number of carbonyl (C=O) groups excluding carboxylic acids is 1. The summed E-state index contributed by atoms with van der Waals surface area (Å²) in [7, 11) is 0. The van der Waals surface area contributed by atoms with Crippen LogP contribution in [-0.4, -0.2) is 57.0 Å². The van der Waals surface area contributed by atoms with E-state index in [1.165, 1.54) is 6.08 Å². The highest BCUT2D eigenvalue weighted by Gasteiger charge is 2.54. The molecule has 0 bridgehead atoms. The fraction of sp³-hybridized carbons (Fsp3) is 0.808. The number of nitrogens with two attached hydrogens (primary N) is 1. The summed E-state index contributed by atoms with van der Waals surface area (Å²) in [5.74, 6) is -1.76. The van der Waals surface area contributed by atoms with Gasteiger partial charge in [-0.15, -0.1) is 0 Å². The first-order valence-electron chi connectivity index (χ1n) is 12.4. The van der Waals surface area contributed by atoms with Crippen LogP contribution in [0.3, 0.4) is 0 Å². The molecule has 33 heavy (non-hydrogen) atoms. The van der Waals surface area contributed by atoms with Crippen LogP contribution in [0, 0.1) is 17.8 Å². The molecule has 7 nitrogen and oxygen atoms in total. The maximum absolute atomic E-state index is 11.0. The molecule has 0 aromatic rings. The molecule has 1 amide bonds. The van der Waals surface area contributed by atoms with Crippen molar-refractivity contribution in [2.45, 2.75) is 116 Å². The Hall–Kier alpha value is -1.25. The van der Waals surface area contributed by atoms with Crippen molar-refractivity contribution in [1.82, 2.24) is 0 Å². The highest BCUT2D eigenvalue weighted by molar-refractivity contribution is 5.86. The molecule has 2 rings (SSSR count). The number of aliphatic hydroxyl groups is 3. The molecule has 2 saturated heterocycles. The molecule has 2 fully saturated rings. The third-order valence-corrected chi connectivity index (χ3v) is 7.68. The van der Waals surface area contributed by atoms with Gasteiger partial charge in [0.1, 0.15) is 0 Å². The molecule has 2 aliphatic heterocycles. The minimum absolute atomic E-state index is 0.000912. The lowest BCUT2D eigenvalue weighted by Crippen LogP contribution is -2.62. The Balaban J connectivity index is 2.03. The van der Waals surface area contributed by atoms with Crippen molar-refractivity contribution in [1.29, 1.82) is 0 Å². The van der Waals surface area contributed by atoms with Crippen molar-refractivity contribution in [2.24, 2.45) is 23.5 Å². The third-order valence-electron chi connectivity index (χ3n) is 7.68. The largest absolute Gasteiger partial charge is 0.393 e. The minimum Gasteiger partial charge on any atom is -0.393 e. The zero-order valence-corrected chi connectivity index (χ0v) is 21.2. The maximum Gasteiger partial charge on any atom is 0.241 e. The fourth-order valence-corrected chi connectivity index (χ4v) is 5.14. The van der Waals surface area contributed by atoms with Crippen LogP contribution in [0.15, 0.2) is 23.8 Å². The van der Waals surface area contributed by atoms with Crippen molar-refractivity contribution >= 4 is 5.91 Å². The van der Waals surface area contributed by atoms with Gasteiger partial charge in [-0.05, 0) is 45.4 Å². The lowest BCUT2D eigenvalue weighted by Gasteiger charge is -2.54. The van der Waals surface area contributed by atoms with Crippen LogP contribution < -0.4 is 5.73 Å². The van der Waals surface area contributed by atoms with Gasteiger partial charge in [0.15, 0.2) is 5.79 Å². The summed E-state index contributed by atoms with van der Waals surface area (Å²) in [5.41, 5.74) is 5.25. The molecule has 0 aromatic heterocycles. The number of ether oxygens (including phenoxy) is 2. The predicted molar refractivity (Wildman–Crippen MR) is 128 cm³/mol. The summed E-state index contributed by atoms with van der Waals surface area (Å²) in [6.45, 7) is 11.7. The predicted octanol–water partition coefficient (Wildman–Crippen LogP) is 3.21. The summed E-state index contributed by atoms with van der Waals surface area (Å²) in [6, 6.07) is 0. The van der Waals surface area contributed by atoms with Crippen LogP contribution in [0.5, 0.6) is 0 Å². The number of amides is 1. The molecule has 2 heterocycles. The van der Waals surface area contributed by atoms with Gasteiger partial charge in [0, 0.05) is 30.8 Å². The monoisotopic (exact) mass is 467 g/mol. The van der Waals surface area contributed by atoms with E-state index >= 15 is 0 Å². The van der Waals surface area contributed by atoms with E-state index in [9.17, 15) is 20.1 Å². The van der Waals surface area contributed by atoms with Crippen LogP contribution in [0.2, 0.25) is 0 Å². The highest BCUT2D eigenvalue weighted by atomic mass is 16.7. The molecule has 2 aliphatic rings. The lowest BCUT2D eigenvalue weighted by molar-refractivity contribution is -0.373. The number of carbonyl (C=O) groups is 1. The van der Waals surface area contributed by atoms with Crippen molar-refractivity contribution in [3.63, 3.8) is 0 Å². The molecule has 1 spiro atoms. The quantitative estimate of drug-likeness (QED) is 0.305. The number of hydrogen-bond donors (Lipinski definition) is 4. The van der Waals surface area contributed by atoms with E-state index in [1.807, 2.05) is 47.6 Å². The number of primary amides is 1. The van der Waals surface area contributed by atoms with E-state index in [2.05, 4.69) is 0 Å². The zero-order chi connectivity index (χ0) is 25.0. The highest BCUT2D eigenvalue weighted by Crippen LogP contribution is 2.46. The third kappa shape index (κ3) is 7.36. The van der Waals surface area contributed by atoms with Crippen molar-refractivity contribution < 1.29 is 29.6 Å². The van der Waals surface area contributed by atoms with Crippen molar-refractivity contribution in [3.05, 3.63) is 23.8 Å². The Morgan fingerprint density at radius 1 is 1.21 bits per heavy atom. The summed E-state index contributed by atoms with van der Waals surface area (Å²) >= 11 is 0. The minimum atomic E-state index is -1.01. The van der Waals surface area contributed by atoms with E-state index in [1.54, 1.807) is 6.08 Å². The molecule has 9 atom stereocenters. The van der Waals surface area contributed by atoms with E-state index in [0.717, 1.165) is 12.0 Å². The summed E-state index contributed by atoms with van der Waals surface area (Å²) in [5, 5.41) is 32.5. The average Bonchev–Trinajstić information content (AvgIpc) is 2.71. The maximum atomic E-state index is 11.0. The SMILES string of the molecule is CCC(/C=C/C(N)=O)=C\CCC(C)(O)C[C@H](C)[C@@H]1C[C@H](O)[C@@H](C)[C@]2(C[C@@H](O)[C@H](C)[C@@H](C)O2)O1. The van der Waals surface area contributed by atoms with Gasteiger partial charge in [0.25, 0.3) is 0 Å². The van der Waals surface area contributed by atoms with Gasteiger partial charge < -0.3 is 30.5 Å². The van der Waals surface area contributed by atoms with Crippen LogP contribution in [-0.2, 0) is 14.3 Å². The van der Waals surface area contributed by atoms with Gasteiger partial charge >= 0.3 is 0 Å². The van der Waals surface area contributed by atoms with Crippen LogP contribution in [0.1, 0.15) is 80.1 Å². The number of aliphatic hydroxyl groups excluding tert-OH is 2. The smallest absolute Gasteiger partial charge is 0.241 e. The van der Waals surface area contributed by atoms with Crippen LogP contribution in [0.25, 0.3) is 0 Å². The molecular weight excluding hydrogens is 422 g/mol. The second-order valence-electron chi connectivity index (χ2n) is 10.6. The first kappa shape index (κ1) is 28.0. The Labute approximate surface area is 199 Å². The van der Waals surface area contributed by atoms with E-state index in [-0.39, 0.29) is 30.0 Å². The fourth-order valence-electron chi connectivity index (χ4n) is 5.14. The molecule has 0 saturated carbocycles. The van der Waals surface area contributed by atoms with Gasteiger partial charge in [-0.3, -0.25) is 4.79 Å². The van der Waals surface area contributed by atoms with Gasteiger partial charge in [-0.2, -0.15) is 0 Å². The first-order valence-corrected chi connectivity index (χ1v) is 12.4. The Kier molecular flexibility index (Phi) is 9.71. The Morgan fingerprint density at radius 2 is 1.88 bits per heavy atom. The molecule has 7 heteroatoms. The van der Waals surface area contributed by atoms with Crippen molar-refractivity contribution in [3.8, 4) is 0 Å². The summed E-state index contributed by atoms with van der Waals surface area (Å²) < 4.78 is 12.8. The molecule has 0 radical (unpaired) electrons. The Morgan fingerprint density at radius 3 is 2.45 bits per heavy atom. The van der Waals surface area contributed by atoms with Gasteiger partial charge in [-0.25, -0.2) is 0 Å². The topological polar surface area (TPSA) is 122 Å². The Bertz CT molecular complexity index is 706. The molecule has 0 aliphatic carbocycles. The lowest BCUT2D eigenvalue weighted by atomic mass is 9.76. The standard InChI is InChI=1S/C26H45NO6/c1-7-20(10-11-24(27)30)9-8-12-25(6,31)14-16(2)23-13-21(28)18(4)26(33-23)15-22(29)17(3)19(5)32-26/h9-11,16-19,21-23,28-29,31H,7-8,12-15H2,1-6H3,(H2,27,30)/b11-10+,20-9+/t16-,17+,18+,19+,21-,22+,23-,25?,26-/m0/s1. The van der Waals surface area contributed by atoms with Crippen LogP contribution in [0.4, 0.5) is 0 Å². The average molecular weight is 468 g/mol. The van der Waals surface area contributed by atoms with E-state index < -0.39 is 29.5 Å². The second-order valence-corrected chi connectivity index (χ2v) is 10.6. The number of allylic oxidation sites excluding steroid dienone is 3. The molecule has 190 valence electrons. The summed E-state index contributed by atoms with van der Waals surface area (Å²) in [4.78, 5) is 10.9. The van der Waals surface area contributed by atoms with E-state index in [0.29, 0.717) is 32.1 Å². The number of hydrogen-bond acceptors (Lipinski definition) is 6. The van der Waals surface area contributed by atoms with Gasteiger partial charge in [0.05, 0.1) is 30.0 Å². The van der Waals surface area contributed by atoms with Gasteiger partial charge in [-0.1, -0.05) is 45.4 Å². The van der Waals surface area contributed by atoms with Crippen molar-refractivity contribution in [2.75, 3.05) is 0 Å². The molecule has 5 N–H and O–H groups in total. The normalized spacial score (nSPS) is 38.4. The first-order chi connectivity index (χ1) is 15.3. The van der Waals surface area contributed by atoms with E-state index in [4.69, 9.17) is 15.2 Å².